The first-order valence-electron chi connectivity index (χ1n) is 10.3. The van der Waals surface area contributed by atoms with E-state index in [1.54, 1.807) is 7.11 Å². The zero-order chi connectivity index (χ0) is 20.6. The molecule has 2 aliphatic rings. The number of fused-ring (bicyclic) bond motifs is 1. The van der Waals surface area contributed by atoms with Gasteiger partial charge in [-0.2, -0.15) is 0 Å². The molecule has 0 radical (unpaired) electrons. The van der Waals surface area contributed by atoms with Gasteiger partial charge in [0.2, 0.25) is 0 Å². The largest absolute Gasteiger partial charge is 0.497 e. The molecule has 0 amide bonds. The van der Waals surface area contributed by atoms with E-state index in [9.17, 15) is 4.39 Å². The van der Waals surface area contributed by atoms with Gasteiger partial charge >= 0.3 is 0 Å². The first-order chi connectivity index (χ1) is 14.2. The third kappa shape index (κ3) is 5.24. The van der Waals surface area contributed by atoms with Crippen molar-refractivity contribution in [3.63, 3.8) is 0 Å². The Hall–Kier alpha value is -2.66. The van der Waals surface area contributed by atoms with E-state index < -0.39 is 0 Å². The molecule has 0 atom stereocenters. The van der Waals surface area contributed by atoms with Crippen LogP contribution in [-0.2, 0) is 17.7 Å². The molecule has 154 valence electrons. The summed E-state index contributed by atoms with van der Waals surface area (Å²) in [5.74, 6) is 1.71. The topological polar surface area (TPSA) is 28.6 Å². The summed E-state index contributed by atoms with van der Waals surface area (Å²) < 4.78 is 18.5. The first kappa shape index (κ1) is 21.1. The average Bonchev–Trinajstić information content (AvgIpc) is 2.99. The van der Waals surface area contributed by atoms with Gasteiger partial charge in [0.1, 0.15) is 17.4 Å². The lowest BCUT2D eigenvalue weighted by Gasteiger charge is -2.36. The summed E-state index contributed by atoms with van der Waals surface area (Å²) >= 11 is 0. The highest BCUT2D eigenvalue weighted by molar-refractivity contribution is 5.70. The highest BCUT2D eigenvalue weighted by atomic mass is 19.1. The summed E-state index contributed by atoms with van der Waals surface area (Å²) in [6, 6.07) is 8.88. The molecule has 1 aromatic heterocycles. The van der Waals surface area contributed by atoms with Crippen LogP contribution in [0.3, 0.4) is 0 Å². The molecule has 1 saturated heterocycles. The number of allylic oxidation sites excluding steroid dienone is 2. The molecule has 1 fully saturated rings. The summed E-state index contributed by atoms with van der Waals surface area (Å²) in [6.07, 6.45) is 9.03. The van der Waals surface area contributed by atoms with Crippen molar-refractivity contribution in [3.8, 4) is 0 Å². The third-order valence-corrected chi connectivity index (χ3v) is 5.19. The lowest BCUT2D eigenvalue weighted by atomic mass is 10.1. The number of hydrogen-bond donors (Lipinski definition) is 0. The van der Waals surface area contributed by atoms with Crippen LogP contribution in [0, 0.1) is 5.82 Å². The maximum absolute atomic E-state index is 13.1. The number of piperazine rings is 1. The predicted octanol–water partition coefficient (Wildman–Crippen LogP) is 4.67. The van der Waals surface area contributed by atoms with Gasteiger partial charge in [-0.05, 0) is 47.9 Å². The Balaban J connectivity index is 0.00000117. The van der Waals surface area contributed by atoms with E-state index >= 15 is 0 Å². The Morgan fingerprint density at radius 2 is 1.76 bits per heavy atom. The SMILES string of the molecule is CC.COC1=Cc2c(ccnc2N2CCN(Cc3ccc(F)cc3)CC2)CC=C1. The van der Waals surface area contributed by atoms with Crippen LogP contribution in [0.4, 0.5) is 10.2 Å². The van der Waals surface area contributed by atoms with Crippen molar-refractivity contribution in [2.45, 2.75) is 26.8 Å². The number of anilines is 1. The molecule has 0 spiro atoms. The zero-order valence-corrected chi connectivity index (χ0v) is 17.6. The van der Waals surface area contributed by atoms with Gasteiger partial charge in [0.15, 0.2) is 0 Å². The normalized spacial score (nSPS) is 16.3. The minimum absolute atomic E-state index is 0.183. The van der Waals surface area contributed by atoms with Crippen LogP contribution in [0.15, 0.2) is 54.4 Å². The highest BCUT2D eigenvalue weighted by Crippen LogP contribution is 2.28. The molecule has 1 aromatic carbocycles. The number of benzene rings is 1. The Bertz CT molecular complexity index is 853. The van der Waals surface area contributed by atoms with Gasteiger partial charge in [-0.15, -0.1) is 0 Å². The molecule has 0 bridgehead atoms. The second kappa shape index (κ2) is 10.2. The van der Waals surface area contributed by atoms with E-state index in [-0.39, 0.29) is 5.82 Å². The van der Waals surface area contributed by atoms with Gasteiger partial charge in [-0.25, -0.2) is 9.37 Å². The molecule has 4 rings (SSSR count). The number of aromatic nitrogens is 1. The molecule has 5 heteroatoms. The van der Waals surface area contributed by atoms with E-state index in [0.717, 1.165) is 61.8 Å². The third-order valence-electron chi connectivity index (χ3n) is 5.19. The van der Waals surface area contributed by atoms with Crippen LogP contribution in [0.1, 0.15) is 30.5 Å². The van der Waals surface area contributed by atoms with Gasteiger partial charge in [0.05, 0.1) is 7.11 Å². The Labute approximate surface area is 173 Å². The Morgan fingerprint density at radius 3 is 2.45 bits per heavy atom. The Morgan fingerprint density at radius 1 is 1.03 bits per heavy atom. The molecular weight excluding hydrogens is 365 g/mol. The predicted molar refractivity (Wildman–Crippen MR) is 117 cm³/mol. The maximum atomic E-state index is 13.1. The highest BCUT2D eigenvalue weighted by Gasteiger charge is 2.21. The standard InChI is InChI=1S/C22H24FN3O.C2H6/c1-27-20-4-2-3-18-9-10-24-22(21(18)15-20)26-13-11-25(12-14-26)16-17-5-7-19(23)8-6-17;1-2/h2,4-10,15H,3,11-14,16H2,1H3;1-2H3. The second-order valence-corrected chi connectivity index (χ2v) is 6.95. The summed E-state index contributed by atoms with van der Waals surface area (Å²) in [7, 11) is 1.70. The molecular formula is C24H30FN3O. The number of nitrogens with zero attached hydrogens (tertiary/aromatic N) is 3. The van der Waals surface area contributed by atoms with Crippen molar-refractivity contribution >= 4 is 11.9 Å². The van der Waals surface area contributed by atoms with Crippen LogP contribution < -0.4 is 4.90 Å². The number of rotatable bonds is 4. The zero-order valence-electron chi connectivity index (χ0n) is 17.6. The Kier molecular flexibility index (Phi) is 7.42. The number of halogens is 1. The molecule has 0 unspecified atom stereocenters. The van der Waals surface area contributed by atoms with Crippen LogP contribution in [0.25, 0.3) is 6.08 Å². The van der Waals surface area contributed by atoms with E-state index in [2.05, 4.69) is 33.0 Å². The minimum Gasteiger partial charge on any atom is -0.497 e. The van der Waals surface area contributed by atoms with Crippen molar-refractivity contribution in [2.24, 2.45) is 0 Å². The molecule has 2 aromatic rings. The van der Waals surface area contributed by atoms with Crippen LogP contribution in [0.2, 0.25) is 0 Å². The van der Waals surface area contributed by atoms with Crippen LogP contribution >= 0.6 is 0 Å². The van der Waals surface area contributed by atoms with Gasteiger partial charge < -0.3 is 9.64 Å². The van der Waals surface area contributed by atoms with Crippen molar-refractivity contribution < 1.29 is 9.13 Å². The van der Waals surface area contributed by atoms with Gasteiger partial charge in [0.25, 0.3) is 0 Å². The summed E-state index contributed by atoms with van der Waals surface area (Å²) in [5, 5.41) is 0. The molecule has 0 saturated carbocycles. The minimum atomic E-state index is -0.183. The molecule has 29 heavy (non-hydrogen) atoms. The molecule has 4 nitrogen and oxygen atoms in total. The van der Waals surface area contributed by atoms with E-state index in [4.69, 9.17) is 4.74 Å². The summed E-state index contributed by atoms with van der Waals surface area (Å²) in [4.78, 5) is 9.44. The fourth-order valence-corrected chi connectivity index (χ4v) is 3.67. The van der Waals surface area contributed by atoms with Crippen molar-refractivity contribution in [1.29, 1.82) is 0 Å². The lowest BCUT2D eigenvalue weighted by Crippen LogP contribution is -2.46. The van der Waals surface area contributed by atoms with E-state index in [1.807, 2.05) is 38.3 Å². The second-order valence-electron chi connectivity index (χ2n) is 6.95. The summed E-state index contributed by atoms with van der Waals surface area (Å²) in [6.45, 7) is 8.62. The number of ether oxygens (including phenoxy) is 1. The van der Waals surface area contributed by atoms with Gasteiger partial charge in [0, 0.05) is 44.5 Å². The quantitative estimate of drug-likeness (QED) is 0.752. The lowest BCUT2D eigenvalue weighted by molar-refractivity contribution is 0.249. The fourth-order valence-electron chi connectivity index (χ4n) is 3.67. The summed E-state index contributed by atoms with van der Waals surface area (Å²) in [5.41, 5.74) is 3.58. The van der Waals surface area contributed by atoms with Gasteiger partial charge in [-0.1, -0.05) is 32.1 Å². The monoisotopic (exact) mass is 395 g/mol. The van der Waals surface area contributed by atoms with Crippen molar-refractivity contribution in [2.75, 3.05) is 38.2 Å². The smallest absolute Gasteiger partial charge is 0.136 e. The number of pyridine rings is 1. The van der Waals surface area contributed by atoms with Gasteiger partial charge in [-0.3, -0.25) is 4.90 Å². The van der Waals surface area contributed by atoms with Crippen molar-refractivity contribution in [3.05, 3.63) is 76.9 Å². The maximum Gasteiger partial charge on any atom is 0.136 e. The van der Waals surface area contributed by atoms with Crippen LogP contribution in [0.5, 0.6) is 0 Å². The fraction of sp³-hybridized carbons (Fsp3) is 0.375. The van der Waals surface area contributed by atoms with E-state index in [1.165, 1.54) is 17.7 Å². The van der Waals surface area contributed by atoms with Crippen molar-refractivity contribution in [1.82, 2.24) is 9.88 Å². The molecule has 0 N–H and O–H groups in total. The number of methoxy groups -OCH3 is 1. The van der Waals surface area contributed by atoms with E-state index in [0.29, 0.717) is 0 Å². The number of hydrogen-bond acceptors (Lipinski definition) is 4. The van der Waals surface area contributed by atoms with Crippen LogP contribution in [-0.4, -0.2) is 43.2 Å². The molecule has 2 heterocycles. The first-order valence-corrected chi connectivity index (χ1v) is 10.3. The molecule has 1 aliphatic carbocycles. The molecule has 1 aliphatic heterocycles. The average molecular weight is 396 g/mol.